The summed E-state index contributed by atoms with van der Waals surface area (Å²) in [6.45, 7) is 14.5. The van der Waals surface area contributed by atoms with E-state index in [0.717, 1.165) is 30.7 Å². The van der Waals surface area contributed by atoms with Crippen molar-refractivity contribution in [2.75, 3.05) is 37.0 Å². The van der Waals surface area contributed by atoms with E-state index in [1.54, 1.807) is 0 Å². The van der Waals surface area contributed by atoms with Crippen molar-refractivity contribution in [2.45, 2.75) is 52.4 Å². The zero-order chi connectivity index (χ0) is 18.4. The van der Waals surface area contributed by atoms with E-state index in [-0.39, 0.29) is 11.9 Å². The van der Waals surface area contributed by atoms with E-state index in [9.17, 15) is 4.79 Å². The summed E-state index contributed by atoms with van der Waals surface area (Å²) in [4.78, 5) is 14.4. The molecule has 1 atom stereocenters. The van der Waals surface area contributed by atoms with Crippen molar-refractivity contribution in [3.05, 3.63) is 0 Å². The van der Waals surface area contributed by atoms with Crippen LogP contribution in [0.2, 0.25) is 0 Å². The van der Waals surface area contributed by atoms with Crippen LogP contribution in [0.4, 0.5) is 5.95 Å². The second kappa shape index (κ2) is 9.43. The number of thioether (sulfide) groups is 1. The maximum atomic E-state index is 12.2. The van der Waals surface area contributed by atoms with Gasteiger partial charge in [0.15, 0.2) is 5.16 Å². The first-order chi connectivity index (χ1) is 11.9. The first-order valence-electron chi connectivity index (χ1n) is 9.06. The molecule has 0 aromatic carbocycles. The van der Waals surface area contributed by atoms with Gasteiger partial charge >= 0.3 is 0 Å². The number of ether oxygens (including phenoxy) is 1. The predicted octanol–water partition coefficient (Wildman–Crippen LogP) is 2.02. The zero-order valence-corrected chi connectivity index (χ0v) is 16.8. The highest BCUT2D eigenvalue weighted by molar-refractivity contribution is 7.99. The lowest BCUT2D eigenvalue weighted by Gasteiger charge is -2.28. The molecule has 0 saturated carbocycles. The van der Waals surface area contributed by atoms with E-state index in [2.05, 4.69) is 52.7 Å². The minimum atomic E-state index is 0.0400. The number of nitrogens with one attached hydrogen (secondary N) is 1. The van der Waals surface area contributed by atoms with Gasteiger partial charge in [-0.15, -0.1) is 10.2 Å². The molecule has 142 valence electrons. The summed E-state index contributed by atoms with van der Waals surface area (Å²) in [6.07, 6.45) is 0. The average Bonchev–Trinajstić information content (AvgIpc) is 2.95. The van der Waals surface area contributed by atoms with Crippen molar-refractivity contribution in [3.8, 4) is 0 Å². The fraction of sp³-hybridized carbons (Fsp3) is 0.824. The van der Waals surface area contributed by atoms with Crippen LogP contribution in [0.1, 0.15) is 34.6 Å². The number of hydrogen-bond acceptors (Lipinski definition) is 6. The summed E-state index contributed by atoms with van der Waals surface area (Å²) in [6, 6.07) is 0.172. The molecule has 0 bridgehead atoms. The van der Waals surface area contributed by atoms with Gasteiger partial charge < -0.3 is 15.0 Å². The molecule has 25 heavy (non-hydrogen) atoms. The van der Waals surface area contributed by atoms with Crippen LogP contribution in [0.5, 0.6) is 0 Å². The van der Waals surface area contributed by atoms with Gasteiger partial charge in [-0.3, -0.25) is 9.36 Å². The van der Waals surface area contributed by atoms with Gasteiger partial charge in [0.05, 0.1) is 19.0 Å². The molecule has 1 fully saturated rings. The Bertz CT molecular complexity index is 555. The summed E-state index contributed by atoms with van der Waals surface area (Å²) < 4.78 is 7.57. The number of aromatic nitrogens is 3. The summed E-state index contributed by atoms with van der Waals surface area (Å²) in [5.74, 6) is 2.18. The molecule has 2 rings (SSSR count). The quantitative estimate of drug-likeness (QED) is 0.707. The number of morpholine rings is 1. The topological polar surface area (TPSA) is 72.3 Å². The summed E-state index contributed by atoms with van der Waals surface area (Å²) in [7, 11) is 0. The zero-order valence-electron chi connectivity index (χ0n) is 16.0. The number of carbonyl (C=O) groups excluding carboxylic acids is 1. The third kappa shape index (κ3) is 5.88. The highest BCUT2D eigenvalue weighted by Gasteiger charge is 2.22. The number of hydrogen-bond donors (Lipinski definition) is 1. The summed E-state index contributed by atoms with van der Waals surface area (Å²) >= 11 is 1.46. The SMILES string of the molecule is CC(C)Cn1c(SCC(=O)N[C@@H](C)C(C)C)nnc1N1CCOCC1. The van der Waals surface area contributed by atoms with Crippen LogP contribution in [-0.4, -0.2) is 58.8 Å². The molecule has 1 aliphatic rings. The highest BCUT2D eigenvalue weighted by atomic mass is 32.2. The monoisotopic (exact) mass is 369 g/mol. The number of amides is 1. The summed E-state index contributed by atoms with van der Waals surface area (Å²) in [5.41, 5.74) is 0. The van der Waals surface area contributed by atoms with Gasteiger partial charge in [-0.25, -0.2) is 0 Å². The predicted molar refractivity (Wildman–Crippen MR) is 101 cm³/mol. The number of nitrogens with zero attached hydrogens (tertiary/aromatic N) is 4. The van der Waals surface area contributed by atoms with Crippen LogP contribution >= 0.6 is 11.8 Å². The van der Waals surface area contributed by atoms with Gasteiger partial charge in [0.1, 0.15) is 0 Å². The fourth-order valence-electron chi connectivity index (χ4n) is 2.50. The Balaban J connectivity index is 2.04. The Labute approximate surface area is 154 Å². The molecule has 7 nitrogen and oxygen atoms in total. The molecule has 1 aromatic rings. The van der Waals surface area contributed by atoms with Gasteiger partial charge in [0.25, 0.3) is 0 Å². The molecule has 0 spiro atoms. The van der Waals surface area contributed by atoms with Crippen molar-refractivity contribution < 1.29 is 9.53 Å². The lowest BCUT2D eigenvalue weighted by Crippen LogP contribution is -2.38. The van der Waals surface area contributed by atoms with E-state index in [4.69, 9.17) is 4.74 Å². The normalized spacial score (nSPS) is 16.5. The minimum absolute atomic E-state index is 0.0400. The van der Waals surface area contributed by atoms with Gasteiger partial charge in [-0.2, -0.15) is 0 Å². The van der Waals surface area contributed by atoms with E-state index in [1.165, 1.54) is 11.8 Å². The molecule has 2 heterocycles. The standard InChI is InChI=1S/C17H31N5O2S/c1-12(2)10-22-16(21-6-8-24-9-7-21)19-20-17(22)25-11-15(23)18-14(5)13(3)4/h12-14H,6-11H2,1-5H3,(H,18,23)/t14-/m0/s1. The van der Waals surface area contributed by atoms with Crippen LogP contribution in [0.25, 0.3) is 0 Å². The van der Waals surface area contributed by atoms with Crippen molar-refractivity contribution in [3.63, 3.8) is 0 Å². The molecule has 1 aliphatic heterocycles. The third-order valence-corrected chi connectivity index (χ3v) is 5.23. The molecule has 8 heteroatoms. The van der Waals surface area contributed by atoms with E-state index < -0.39 is 0 Å². The largest absolute Gasteiger partial charge is 0.378 e. The first kappa shape index (κ1) is 20.0. The molecular weight excluding hydrogens is 338 g/mol. The number of carbonyl (C=O) groups is 1. The lowest BCUT2D eigenvalue weighted by atomic mass is 10.1. The van der Waals surface area contributed by atoms with Gasteiger partial charge in [-0.05, 0) is 18.8 Å². The lowest BCUT2D eigenvalue weighted by molar-refractivity contribution is -0.119. The highest BCUT2D eigenvalue weighted by Crippen LogP contribution is 2.24. The van der Waals surface area contributed by atoms with Crippen molar-refractivity contribution in [1.29, 1.82) is 0 Å². The van der Waals surface area contributed by atoms with Crippen LogP contribution in [0.3, 0.4) is 0 Å². The fourth-order valence-corrected chi connectivity index (χ4v) is 3.26. The van der Waals surface area contributed by atoms with Crippen LogP contribution < -0.4 is 10.2 Å². The maximum Gasteiger partial charge on any atom is 0.230 e. The third-order valence-electron chi connectivity index (χ3n) is 4.26. The number of rotatable bonds is 8. The molecule has 1 amide bonds. The van der Waals surface area contributed by atoms with E-state index in [1.807, 2.05) is 6.92 Å². The van der Waals surface area contributed by atoms with Gasteiger partial charge in [-0.1, -0.05) is 39.5 Å². The summed E-state index contributed by atoms with van der Waals surface area (Å²) in [5, 5.41) is 12.6. The van der Waals surface area contributed by atoms with Crippen LogP contribution in [0.15, 0.2) is 5.16 Å². The Morgan fingerprint density at radius 3 is 2.48 bits per heavy atom. The second-order valence-corrected chi connectivity index (χ2v) is 8.22. The smallest absolute Gasteiger partial charge is 0.230 e. The maximum absolute atomic E-state index is 12.2. The van der Waals surface area contributed by atoms with Crippen molar-refractivity contribution >= 4 is 23.6 Å². The van der Waals surface area contributed by atoms with Crippen molar-refractivity contribution in [2.24, 2.45) is 11.8 Å². The minimum Gasteiger partial charge on any atom is -0.378 e. The molecule has 0 aliphatic carbocycles. The van der Waals surface area contributed by atoms with E-state index in [0.29, 0.717) is 30.8 Å². The van der Waals surface area contributed by atoms with Crippen LogP contribution in [-0.2, 0) is 16.1 Å². The molecular formula is C17H31N5O2S. The van der Waals surface area contributed by atoms with Gasteiger partial charge in [0.2, 0.25) is 11.9 Å². The Hall–Kier alpha value is -1.28. The molecule has 0 radical (unpaired) electrons. The molecule has 1 aromatic heterocycles. The Kier molecular flexibility index (Phi) is 7.56. The first-order valence-corrected chi connectivity index (χ1v) is 10.0. The van der Waals surface area contributed by atoms with E-state index >= 15 is 0 Å². The number of anilines is 1. The average molecular weight is 370 g/mol. The van der Waals surface area contributed by atoms with Gasteiger partial charge in [0, 0.05) is 25.7 Å². The second-order valence-electron chi connectivity index (χ2n) is 7.28. The van der Waals surface area contributed by atoms with Crippen LogP contribution in [0, 0.1) is 11.8 Å². The van der Waals surface area contributed by atoms with Crippen molar-refractivity contribution in [1.82, 2.24) is 20.1 Å². The Morgan fingerprint density at radius 1 is 1.20 bits per heavy atom. The molecule has 1 saturated heterocycles. The molecule has 0 unspecified atom stereocenters. The Morgan fingerprint density at radius 2 is 1.88 bits per heavy atom. The molecule has 1 N–H and O–H groups in total.